The predicted octanol–water partition coefficient (Wildman–Crippen LogP) is 2.26. The lowest BCUT2D eigenvalue weighted by Gasteiger charge is -2.18. The van der Waals surface area contributed by atoms with Crippen LogP contribution in [0.15, 0.2) is 5.10 Å². The summed E-state index contributed by atoms with van der Waals surface area (Å²) in [4.78, 5) is 0. The molecule has 1 aliphatic rings. The van der Waals surface area contributed by atoms with Gasteiger partial charge in [-0.3, -0.25) is 5.01 Å². The van der Waals surface area contributed by atoms with Crippen LogP contribution >= 0.6 is 0 Å². The average molecular weight is 154 g/mol. The van der Waals surface area contributed by atoms with Crippen molar-refractivity contribution in [2.45, 2.75) is 45.1 Å². The van der Waals surface area contributed by atoms with E-state index >= 15 is 0 Å². The molecule has 0 saturated heterocycles. The monoisotopic (exact) mass is 154 g/mol. The summed E-state index contributed by atoms with van der Waals surface area (Å²) in [7, 11) is 2.07. The zero-order valence-corrected chi connectivity index (χ0v) is 7.58. The van der Waals surface area contributed by atoms with Gasteiger partial charge >= 0.3 is 0 Å². The van der Waals surface area contributed by atoms with Gasteiger partial charge in [-0.15, -0.1) is 0 Å². The van der Waals surface area contributed by atoms with Gasteiger partial charge in [0.05, 0.1) is 6.04 Å². The molecule has 0 amide bonds. The van der Waals surface area contributed by atoms with Gasteiger partial charge in [-0.25, -0.2) is 0 Å². The minimum absolute atomic E-state index is 0.696. The van der Waals surface area contributed by atoms with Crippen molar-refractivity contribution in [2.75, 3.05) is 7.05 Å². The molecule has 1 atom stereocenters. The van der Waals surface area contributed by atoms with Crippen LogP contribution in [0.4, 0.5) is 0 Å². The van der Waals surface area contributed by atoms with E-state index in [2.05, 4.69) is 24.1 Å². The second-order valence-corrected chi connectivity index (χ2v) is 3.26. The van der Waals surface area contributed by atoms with Gasteiger partial charge < -0.3 is 0 Å². The Balaban J connectivity index is 2.08. The molecule has 0 aliphatic carbocycles. The van der Waals surface area contributed by atoms with E-state index in [0.717, 1.165) is 6.42 Å². The third-order valence-corrected chi connectivity index (χ3v) is 2.31. The van der Waals surface area contributed by atoms with E-state index in [1.807, 2.05) is 6.21 Å². The maximum Gasteiger partial charge on any atom is 0.0517 e. The highest BCUT2D eigenvalue weighted by Crippen LogP contribution is 2.15. The molecule has 1 unspecified atom stereocenters. The largest absolute Gasteiger partial charge is 0.297 e. The summed E-state index contributed by atoms with van der Waals surface area (Å²) in [6.07, 6.45) is 8.53. The van der Waals surface area contributed by atoms with E-state index in [1.54, 1.807) is 0 Å². The van der Waals surface area contributed by atoms with Crippen LogP contribution in [0.25, 0.3) is 0 Å². The molecular weight excluding hydrogens is 136 g/mol. The minimum Gasteiger partial charge on any atom is -0.297 e. The fraction of sp³-hybridized carbons (Fsp3) is 0.889. The summed E-state index contributed by atoms with van der Waals surface area (Å²) in [5.74, 6) is 0. The van der Waals surface area contributed by atoms with Gasteiger partial charge in [0, 0.05) is 19.7 Å². The first-order valence-corrected chi connectivity index (χ1v) is 4.60. The number of hydrogen-bond acceptors (Lipinski definition) is 2. The zero-order valence-electron chi connectivity index (χ0n) is 7.58. The van der Waals surface area contributed by atoms with Crippen molar-refractivity contribution in [1.82, 2.24) is 5.01 Å². The first-order chi connectivity index (χ1) is 5.34. The molecule has 0 aromatic rings. The van der Waals surface area contributed by atoms with Gasteiger partial charge in [-0.05, 0) is 6.42 Å². The second kappa shape index (κ2) is 4.37. The van der Waals surface area contributed by atoms with Crippen molar-refractivity contribution in [3.63, 3.8) is 0 Å². The fourth-order valence-corrected chi connectivity index (χ4v) is 1.48. The molecule has 1 rings (SSSR count). The van der Waals surface area contributed by atoms with Gasteiger partial charge in [-0.2, -0.15) is 5.10 Å². The van der Waals surface area contributed by atoms with Crippen LogP contribution in [0.3, 0.4) is 0 Å². The van der Waals surface area contributed by atoms with Crippen molar-refractivity contribution in [2.24, 2.45) is 5.10 Å². The lowest BCUT2D eigenvalue weighted by atomic mass is 10.1. The standard InChI is InChI=1S/C9H18N2/c1-3-4-5-6-9-7-8-10-11(9)2/h8-9H,3-7H2,1-2H3. The van der Waals surface area contributed by atoms with Crippen LogP contribution in [-0.2, 0) is 0 Å². The van der Waals surface area contributed by atoms with Crippen LogP contribution in [0.2, 0.25) is 0 Å². The van der Waals surface area contributed by atoms with Crippen LogP contribution in [0.5, 0.6) is 0 Å². The van der Waals surface area contributed by atoms with Crippen molar-refractivity contribution in [3.8, 4) is 0 Å². The lowest BCUT2D eigenvalue weighted by molar-refractivity contribution is 0.265. The topological polar surface area (TPSA) is 15.6 Å². The highest BCUT2D eigenvalue weighted by molar-refractivity contribution is 5.59. The van der Waals surface area contributed by atoms with E-state index in [4.69, 9.17) is 0 Å². The Morgan fingerprint density at radius 3 is 2.91 bits per heavy atom. The second-order valence-electron chi connectivity index (χ2n) is 3.26. The molecule has 0 saturated carbocycles. The Hall–Kier alpha value is -0.530. The van der Waals surface area contributed by atoms with Crippen molar-refractivity contribution < 1.29 is 0 Å². The van der Waals surface area contributed by atoms with E-state index in [9.17, 15) is 0 Å². The maximum absolute atomic E-state index is 4.20. The van der Waals surface area contributed by atoms with Crippen LogP contribution in [0, 0.1) is 0 Å². The summed E-state index contributed by atoms with van der Waals surface area (Å²) < 4.78 is 0. The third-order valence-electron chi connectivity index (χ3n) is 2.31. The summed E-state index contributed by atoms with van der Waals surface area (Å²) in [5.41, 5.74) is 0. The van der Waals surface area contributed by atoms with E-state index in [0.29, 0.717) is 6.04 Å². The molecule has 1 heterocycles. The van der Waals surface area contributed by atoms with Gasteiger partial charge in [0.25, 0.3) is 0 Å². The summed E-state index contributed by atoms with van der Waals surface area (Å²) in [6.45, 7) is 2.24. The van der Waals surface area contributed by atoms with Crippen LogP contribution < -0.4 is 0 Å². The molecule has 1 aliphatic heterocycles. The van der Waals surface area contributed by atoms with Gasteiger partial charge in [-0.1, -0.05) is 26.2 Å². The van der Waals surface area contributed by atoms with Crippen molar-refractivity contribution >= 4 is 6.21 Å². The first kappa shape index (κ1) is 8.57. The Labute approximate surface area is 69.3 Å². The number of nitrogens with zero attached hydrogens (tertiary/aromatic N) is 2. The van der Waals surface area contributed by atoms with Gasteiger partial charge in [0.1, 0.15) is 0 Å². The molecule has 11 heavy (non-hydrogen) atoms. The highest BCUT2D eigenvalue weighted by Gasteiger charge is 2.15. The van der Waals surface area contributed by atoms with Gasteiger partial charge in [0.15, 0.2) is 0 Å². The molecule has 0 bridgehead atoms. The molecule has 0 aromatic carbocycles. The van der Waals surface area contributed by atoms with E-state index < -0.39 is 0 Å². The first-order valence-electron chi connectivity index (χ1n) is 4.60. The number of hydrogen-bond donors (Lipinski definition) is 0. The van der Waals surface area contributed by atoms with Crippen LogP contribution in [-0.4, -0.2) is 24.3 Å². The molecule has 2 heteroatoms. The van der Waals surface area contributed by atoms with E-state index in [-0.39, 0.29) is 0 Å². The van der Waals surface area contributed by atoms with E-state index in [1.165, 1.54) is 25.7 Å². The van der Waals surface area contributed by atoms with Crippen molar-refractivity contribution in [3.05, 3.63) is 0 Å². The molecule has 0 fully saturated rings. The van der Waals surface area contributed by atoms with Gasteiger partial charge in [0.2, 0.25) is 0 Å². The number of rotatable bonds is 4. The molecule has 0 radical (unpaired) electrons. The predicted molar refractivity (Wildman–Crippen MR) is 48.8 cm³/mol. The Bertz CT molecular complexity index is 132. The lowest BCUT2D eigenvalue weighted by Crippen LogP contribution is -2.21. The molecular formula is C9H18N2. The quantitative estimate of drug-likeness (QED) is 0.567. The Morgan fingerprint density at radius 1 is 1.55 bits per heavy atom. The summed E-state index contributed by atoms with van der Waals surface area (Å²) in [6, 6.07) is 0.696. The zero-order chi connectivity index (χ0) is 8.10. The molecule has 0 spiro atoms. The molecule has 0 N–H and O–H groups in total. The van der Waals surface area contributed by atoms with Crippen molar-refractivity contribution in [1.29, 1.82) is 0 Å². The highest BCUT2D eigenvalue weighted by atomic mass is 15.5. The Kier molecular flexibility index (Phi) is 3.40. The minimum atomic E-state index is 0.696. The fourth-order valence-electron chi connectivity index (χ4n) is 1.48. The summed E-state index contributed by atoms with van der Waals surface area (Å²) >= 11 is 0. The Morgan fingerprint density at radius 2 is 2.36 bits per heavy atom. The maximum atomic E-state index is 4.20. The molecule has 0 aromatic heterocycles. The third kappa shape index (κ3) is 2.52. The molecule has 64 valence electrons. The molecule has 2 nitrogen and oxygen atoms in total. The smallest absolute Gasteiger partial charge is 0.0517 e. The number of hydrazone groups is 1. The SMILES string of the molecule is CCCCCC1CC=NN1C. The summed E-state index contributed by atoms with van der Waals surface area (Å²) in [5, 5.41) is 6.30. The normalized spacial score (nSPS) is 23.1. The van der Waals surface area contributed by atoms with Crippen LogP contribution in [0.1, 0.15) is 39.0 Å². The number of unbranched alkanes of at least 4 members (excludes halogenated alkanes) is 2. The average Bonchev–Trinajstić information content (AvgIpc) is 2.37.